The molecule has 25 heavy (non-hydrogen) atoms. The van der Waals surface area contributed by atoms with Gasteiger partial charge in [-0.3, -0.25) is 0 Å². The number of ether oxygens (including phenoxy) is 1. The Morgan fingerprint density at radius 3 is 2.72 bits per heavy atom. The Labute approximate surface area is 144 Å². The van der Waals surface area contributed by atoms with E-state index in [9.17, 15) is 9.18 Å². The molecule has 1 aliphatic heterocycles. The number of carbonyl (C=O) groups is 1. The number of hydrogen-bond donors (Lipinski definition) is 1. The summed E-state index contributed by atoms with van der Waals surface area (Å²) in [4.78, 5) is 21.3. The van der Waals surface area contributed by atoms with E-state index in [0.29, 0.717) is 33.7 Å². The molecule has 0 bridgehead atoms. The minimum absolute atomic E-state index is 0.241. The normalized spacial score (nSPS) is 14.2. The number of nitrogens with zero attached hydrogens (tertiary/aromatic N) is 2. The number of methoxy groups -OCH3 is 1. The van der Waals surface area contributed by atoms with Crippen LogP contribution in [0.3, 0.4) is 0 Å². The van der Waals surface area contributed by atoms with E-state index in [4.69, 9.17) is 4.74 Å². The number of carbonyl (C=O) groups excluding carboxylic acids is 1. The van der Waals surface area contributed by atoms with Crippen LogP contribution < -0.4 is 4.90 Å². The van der Waals surface area contributed by atoms with Gasteiger partial charge in [0.1, 0.15) is 11.6 Å². The van der Waals surface area contributed by atoms with Crippen LogP contribution in [-0.4, -0.2) is 36.1 Å². The molecule has 3 aromatic rings. The number of rotatable bonds is 3. The number of nitrogens with one attached hydrogen (secondary N) is 1. The number of benzene rings is 2. The summed E-state index contributed by atoms with van der Waals surface area (Å²) in [5.74, 6) is -0.0712. The van der Waals surface area contributed by atoms with Gasteiger partial charge in [0.2, 0.25) is 0 Å². The van der Waals surface area contributed by atoms with Gasteiger partial charge in [-0.1, -0.05) is 0 Å². The highest BCUT2D eigenvalue weighted by atomic mass is 19.1. The third kappa shape index (κ3) is 2.84. The molecule has 0 atom stereocenters. The summed E-state index contributed by atoms with van der Waals surface area (Å²) in [5.41, 5.74) is 3.19. The molecule has 0 spiro atoms. The summed E-state index contributed by atoms with van der Waals surface area (Å²) in [6, 6.07) is 10.3. The first-order valence-corrected chi connectivity index (χ1v) is 8.28. The molecule has 1 aromatic heterocycles. The average molecular weight is 339 g/mol. The highest BCUT2D eigenvalue weighted by Gasteiger charge is 2.17. The lowest BCUT2D eigenvalue weighted by atomic mass is 10.1. The van der Waals surface area contributed by atoms with E-state index >= 15 is 0 Å². The lowest BCUT2D eigenvalue weighted by Gasteiger charge is -2.18. The van der Waals surface area contributed by atoms with Crippen molar-refractivity contribution >= 4 is 22.7 Å². The maximum Gasteiger partial charge on any atom is 0.337 e. The number of H-pyrrole nitrogens is 1. The molecule has 0 saturated carbocycles. The second-order valence-corrected chi connectivity index (χ2v) is 6.17. The summed E-state index contributed by atoms with van der Waals surface area (Å²) in [7, 11) is 1.34. The monoisotopic (exact) mass is 339 g/mol. The fourth-order valence-corrected chi connectivity index (χ4v) is 3.26. The molecule has 1 saturated heterocycles. The van der Waals surface area contributed by atoms with Gasteiger partial charge in [0, 0.05) is 18.7 Å². The van der Waals surface area contributed by atoms with E-state index in [1.165, 1.54) is 13.2 Å². The maximum atomic E-state index is 14.5. The third-order valence-corrected chi connectivity index (χ3v) is 4.57. The van der Waals surface area contributed by atoms with Crippen LogP contribution in [0.4, 0.5) is 10.1 Å². The van der Waals surface area contributed by atoms with Crippen LogP contribution in [0.1, 0.15) is 23.2 Å². The first-order valence-electron chi connectivity index (χ1n) is 8.28. The van der Waals surface area contributed by atoms with Crippen molar-refractivity contribution < 1.29 is 13.9 Å². The molecule has 1 fully saturated rings. The minimum atomic E-state index is -0.404. The average Bonchev–Trinajstić information content (AvgIpc) is 3.29. The summed E-state index contributed by atoms with van der Waals surface area (Å²) in [5, 5.41) is 0. The van der Waals surface area contributed by atoms with Crippen molar-refractivity contribution in [2.75, 3.05) is 25.1 Å². The zero-order chi connectivity index (χ0) is 17.4. The summed E-state index contributed by atoms with van der Waals surface area (Å²) < 4.78 is 19.2. The van der Waals surface area contributed by atoms with Crippen molar-refractivity contribution in [1.29, 1.82) is 0 Å². The fraction of sp³-hybridized carbons (Fsp3) is 0.263. The second kappa shape index (κ2) is 6.20. The van der Waals surface area contributed by atoms with E-state index in [-0.39, 0.29) is 5.82 Å². The van der Waals surface area contributed by atoms with Crippen molar-refractivity contribution in [2.45, 2.75) is 12.8 Å². The third-order valence-electron chi connectivity index (χ3n) is 4.57. The van der Waals surface area contributed by atoms with E-state index < -0.39 is 5.97 Å². The van der Waals surface area contributed by atoms with Crippen LogP contribution in [0.15, 0.2) is 36.4 Å². The molecule has 0 unspecified atom stereocenters. The van der Waals surface area contributed by atoms with E-state index in [0.717, 1.165) is 25.9 Å². The molecule has 2 heterocycles. The van der Waals surface area contributed by atoms with Crippen LogP contribution in [0, 0.1) is 5.82 Å². The van der Waals surface area contributed by atoms with E-state index in [1.807, 2.05) is 12.1 Å². The van der Waals surface area contributed by atoms with Crippen molar-refractivity contribution in [3.8, 4) is 11.4 Å². The summed E-state index contributed by atoms with van der Waals surface area (Å²) >= 11 is 0. The quantitative estimate of drug-likeness (QED) is 0.738. The van der Waals surface area contributed by atoms with E-state index in [2.05, 4.69) is 14.9 Å². The van der Waals surface area contributed by atoms with Crippen molar-refractivity contribution in [3.05, 3.63) is 47.8 Å². The Bertz CT molecular complexity index is 945. The Kier molecular flexibility index (Phi) is 3.87. The largest absolute Gasteiger partial charge is 0.465 e. The molecule has 4 rings (SSSR count). The molecule has 128 valence electrons. The SMILES string of the molecule is COC(=O)c1ccc2nc(-c3ccc(N4CCCC4)c(F)c3)[nH]c2c1. The van der Waals surface area contributed by atoms with Gasteiger partial charge in [0.05, 0.1) is 29.4 Å². The molecule has 6 heteroatoms. The zero-order valence-electron chi connectivity index (χ0n) is 13.9. The summed E-state index contributed by atoms with van der Waals surface area (Å²) in [6.07, 6.45) is 2.21. The number of esters is 1. The van der Waals surface area contributed by atoms with Crippen LogP contribution >= 0.6 is 0 Å². The minimum Gasteiger partial charge on any atom is -0.465 e. The van der Waals surface area contributed by atoms with Crippen molar-refractivity contribution in [2.24, 2.45) is 0 Å². The first kappa shape index (κ1) is 15.6. The predicted molar refractivity (Wildman–Crippen MR) is 94.3 cm³/mol. The molecule has 5 nitrogen and oxygen atoms in total. The van der Waals surface area contributed by atoms with Gasteiger partial charge in [-0.05, 0) is 49.2 Å². The highest BCUT2D eigenvalue weighted by Crippen LogP contribution is 2.28. The Balaban J connectivity index is 1.69. The number of aromatic amines is 1. The molecule has 1 N–H and O–H groups in total. The number of aromatic nitrogens is 2. The van der Waals surface area contributed by atoms with Crippen molar-refractivity contribution in [1.82, 2.24) is 9.97 Å². The van der Waals surface area contributed by atoms with Crippen LogP contribution in [0.5, 0.6) is 0 Å². The van der Waals surface area contributed by atoms with Gasteiger partial charge < -0.3 is 14.6 Å². The smallest absolute Gasteiger partial charge is 0.337 e. The van der Waals surface area contributed by atoms with Gasteiger partial charge >= 0.3 is 5.97 Å². The van der Waals surface area contributed by atoms with Gasteiger partial charge in [-0.15, -0.1) is 0 Å². The molecule has 2 aromatic carbocycles. The molecular weight excluding hydrogens is 321 g/mol. The van der Waals surface area contributed by atoms with Crippen LogP contribution in [-0.2, 0) is 4.74 Å². The predicted octanol–water partition coefficient (Wildman–Crippen LogP) is 3.76. The Morgan fingerprint density at radius 2 is 2.00 bits per heavy atom. The lowest BCUT2D eigenvalue weighted by molar-refractivity contribution is 0.0601. The fourth-order valence-electron chi connectivity index (χ4n) is 3.26. The highest BCUT2D eigenvalue weighted by molar-refractivity contribution is 5.94. The second-order valence-electron chi connectivity index (χ2n) is 6.17. The first-order chi connectivity index (χ1) is 12.2. The molecule has 0 amide bonds. The van der Waals surface area contributed by atoms with E-state index in [1.54, 1.807) is 18.2 Å². The zero-order valence-corrected chi connectivity index (χ0v) is 13.9. The molecular formula is C19H18FN3O2. The molecule has 0 radical (unpaired) electrons. The molecule has 0 aliphatic carbocycles. The lowest BCUT2D eigenvalue weighted by Crippen LogP contribution is -2.18. The standard InChI is InChI=1S/C19H18FN3O2/c1-25-19(24)13-4-6-15-16(11-13)22-18(21-15)12-5-7-17(14(20)10-12)23-8-2-3-9-23/h4-7,10-11H,2-3,8-9H2,1H3,(H,21,22). The van der Waals surface area contributed by atoms with Crippen LogP contribution in [0.25, 0.3) is 22.4 Å². The van der Waals surface area contributed by atoms with Crippen LogP contribution in [0.2, 0.25) is 0 Å². The number of hydrogen-bond acceptors (Lipinski definition) is 4. The van der Waals surface area contributed by atoms with Crippen molar-refractivity contribution in [3.63, 3.8) is 0 Å². The Morgan fingerprint density at radius 1 is 1.20 bits per heavy atom. The number of halogens is 1. The summed E-state index contributed by atoms with van der Waals surface area (Å²) in [6.45, 7) is 1.80. The van der Waals surface area contributed by atoms with Gasteiger partial charge in [-0.2, -0.15) is 0 Å². The van der Waals surface area contributed by atoms with Gasteiger partial charge in [-0.25, -0.2) is 14.2 Å². The maximum absolute atomic E-state index is 14.5. The van der Waals surface area contributed by atoms with Gasteiger partial charge in [0.25, 0.3) is 0 Å². The topological polar surface area (TPSA) is 58.2 Å². The van der Waals surface area contributed by atoms with Gasteiger partial charge in [0.15, 0.2) is 0 Å². The Hall–Kier alpha value is -2.89. The number of fused-ring (bicyclic) bond motifs is 1. The number of imidazole rings is 1. The number of anilines is 1. The molecule has 1 aliphatic rings.